The molecule has 31 heavy (non-hydrogen) atoms. The SMILES string of the molecule is Cc1ccc(NC(=O)c2cccc(CN3CCN(C)CC3)c2)cc1Oc1ncccn1. The van der Waals surface area contributed by atoms with Crippen LogP contribution in [0, 0.1) is 6.92 Å². The van der Waals surface area contributed by atoms with Gasteiger partial charge in [0.25, 0.3) is 5.91 Å². The maximum absolute atomic E-state index is 12.9. The monoisotopic (exact) mass is 417 g/mol. The van der Waals surface area contributed by atoms with E-state index in [0.29, 0.717) is 17.0 Å². The fraction of sp³-hybridized carbons (Fsp3) is 0.292. The van der Waals surface area contributed by atoms with Crippen molar-refractivity contribution in [2.45, 2.75) is 13.5 Å². The first kappa shape index (κ1) is 21.0. The third kappa shape index (κ3) is 5.65. The number of hydrogen-bond acceptors (Lipinski definition) is 6. The summed E-state index contributed by atoms with van der Waals surface area (Å²) in [5.74, 6) is 0.457. The van der Waals surface area contributed by atoms with Crippen LogP contribution in [0.2, 0.25) is 0 Å². The molecule has 0 radical (unpaired) electrons. The predicted octanol–water partition coefficient (Wildman–Crippen LogP) is 3.58. The van der Waals surface area contributed by atoms with E-state index in [0.717, 1.165) is 43.9 Å². The average Bonchev–Trinajstić information content (AvgIpc) is 2.78. The van der Waals surface area contributed by atoms with Crippen LogP contribution < -0.4 is 10.1 Å². The van der Waals surface area contributed by atoms with Gasteiger partial charge in [0.2, 0.25) is 0 Å². The van der Waals surface area contributed by atoms with Crippen molar-refractivity contribution in [1.82, 2.24) is 19.8 Å². The normalized spacial score (nSPS) is 14.9. The molecule has 1 aliphatic heterocycles. The van der Waals surface area contributed by atoms with Crippen molar-refractivity contribution in [3.05, 3.63) is 77.6 Å². The number of amides is 1. The summed E-state index contributed by atoms with van der Waals surface area (Å²) in [7, 11) is 2.15. The van der Waals surface area contributed by atoms with E-state index in [-0.39, 0.29) is 11.9 Å². The van der Waals surface area contributed by atoms with Gasteiger partial charge in [-0.15, -0.1) is 0 Å². The number of nitrogens with one attached hydrogen (secondary N) is 1. The standard InChI is InChI=1S/C24H27N5O2/c1-18-7-8-21(16-22(18)31-24-25-9-4-10-26-24)27-23(30)20-6-3-5-19(15-20)17-29-13-11-28(2)12-14-29/h3-10,15-16H,11-14,17H2,1-2H3,(H,27,30). The largest absolute Gasteiger partial charge is 0.424 e. The average molecular weight is 418 g/mol. The van der Waals surface area contributed by atoms with Crippen LogP contribution >= 0.6 is 0 Å². The number of aryl methyl sites for hydroxylation is 1. The van der Waals surface area contributed by atoms with Crippen LogP contribution in [0.5, 0.6) is 11.8 Å². The van der Waals surface area contributed by atoms with Crippen molar-refractivity contribution < 1.29 is 9.53 Å². The molecule has 0 unspecified atom stereocenters. The van der Waals surface area contributed by atoms with Gasteiger partial charge in [0.15, 0.2) is 0 Å². The summed E-state index contributed by atoms with van der Waals surface area (Å²) in [6.07, 6.45) is 3.25. The molecule has 0 spiro atoms. The Hall–Kier alpha value is -3.29. The second-order valence-corrected chi connectivity index (χ2v) is 7.85. The zero-order chi connectivity index (χ0) is 21.6. The lowest BCUT2D eigenvalue weighted by atomic mass is 10.1. The summed E-state index contributed by atoms with van der Waals surface area (Å²) in [6.45, 7) is 7.03. The first-order valence-electron chi connectivity index (χ1n) is 10.4. The Bertz CT molecular complexity index is 1030. The van der Waals surface area contributed by atoms with Gasteiger partial charge in [-0.05, 0) is 49.4 Å². The lowest BCUT2D eigenvalue weighted by Gasteiger charge is -2.32. The highest BCUT2D eigenvalue weighted by molar-refractivity contribution is 6.04. The number of nitrogens with zero attached hydrogens (tertiary/aromatic N) is 4. The minimum absolute atomic E-state index is 0.147. The number of hydrogen-bond donors (Lipinski definition) is 1. The molecule has 7 heteroatoms. The molecule has 0 bridgehead atoms. The van der Waals surface area contributed by atoms with Crippen molar-refractivity contribution in [2.75, 3.05) is 38.5 Å². The quantitative estimate of drug-likeness (QED) is 0.661. The smallest absolute Gasteiger partial charge is 0.321 e. The topological polar surface area (TPSA) is 70.6 Å². The van der Waals surface area contributed by atoms with E-state index < -0.39 is 0 Å². The van der Waals surface area contributed by atoms with Crippen LogP contribution in [0.3, 0.4) is 0 Å². The van der Waals surface area contributed by atoms with Gasteiger partial charge in [0.1, 0.15) is 5.75 Å². The maximum atomic E-state index is 12.9. The highest BCUT2D eigenvalue weighted by Gasteiger charge is 2.15. The van der Waals surface area contributed by atoms with Gasteiger partial charge in [-0.3, -0.25) is 9.69 Å². The number of benzene rings is 2. The molecule has 3 aromatic rings. The molecule has 1 N–H and O–H groups in total. The molecule has 1 aromatic heterocycles. The number of anilines is 1. The van der Waals surface area contributed by atoms with Gasteiger partial charge in [-0.2, -0.15) is 0 Å². The lowest BCUT2D eigenvalue weighted by Crippen LogP contribution is -2.43. The molecule has 7 nitrogen and oxygen atoms in total. The van der Waals surface area contributed by atoms with E-state index in [1.54, 1.807) is 24.5 Å². The number of piperazine rings is 1. The number of likely N-dealkylation sites (N-methyl/N-ethyl adjacent to an activating group) is 1. The molecule has 1 saturated heterocycles. The Kier molecular flexibility index (Phi) is 6.54. The fourth-order valence-corrected chi connectivity index (χ4v) is 3.50. The minimum atomic E-state index is -0.147. The van der Waals surface area contributed by atoms with E-state index >= 15 is 0 Å². The molecule has 0 atom stereocenters. The van der Waals surface area contributed by atoms with Crippen molar-refractivity contribution in [2.24, 2.45) is 0 Å². The summed E-state index contributed by atoms with van der Waals surface area (Å²) in [4.78, 5) is 25.8. The number of ether oxygens (including phenoxy) is 1. The first-order chi connectivity index (χ1) is 15.1. The van der Waals surface area contributed by atoms with Gasteiger partial charge in [-0.1, -0.05) is 18.2 Å². The van der Waals surface area contributed by atoms with Gasteiger partial charge < -0.3 is 15.0 Å². The maximum Gasteiger partial charge on any atom is 0.321 e. The Morgan fingerprint density at radius 2 is 1.81 bits per heavy atom. The number of rotatable bonds is 6. The number of carbonyl (C=O) groups is 1. The van der Waals surface area contributed by atoms with E-state index in [1.807, 2.05) is 37.3 Å². The van der Waals surface area contributed by atoms with Gasteiger partial charge in [-0.25, -0.2) is 9.97 Å². The molecule has 0 aliphatic carbocycles. The first-order valence-corrected chi connectivity index (χ1v) is 10.4. The summed E-state index contributed by atoms with van der Waals surface area (Å²) in [5.41, 5.74) is 3.37. The van der Waals surface area contributed by atoms with Gasteiger partial charge >= 0.3 is 6.01 Å². The van der Waals surface area contributed by atoms with Crippen molar-refractivity contribution in [1.29, 1.82) is 0 Å². The van der Waals surface area contributed by atoms with E-state index in [4.69, 9.17) is 4.74 Å². The van der Waals surface area contributed by atoms with E-state index in [2.05, 4.69) is 38.2 Å². The third-order valence-corrected chi connectivity index (χ3v) is 5.38. The summed E-state index contributed by atoms with van der Waals surface area (Å²) < 4.78 is 5.77. The Morgan fingerprint density at radius 3 is 2.58 bits per heavy atom. The van der Waals surface area contributed by atoms with Crippen LogP contribution in [0.4, 0.5) is 5.69 Å². The van der Waals surface area contributed by atoms with Crippen molar-refractivity contribution in [3.8, 4) is 11.8 Å². The van der Waals surface area contributed by atoms with Crippen LogP contribution in [-0.4, -0.2) is 58.9 Å². The second kappa shape index (κ2) is 9.68. The number of carbonyl (C=O) groups excluding carboxylic acids is 1. The molecule has 0 saturated carbocycles. The van der Waals surface area contributed by atoms with Gasteiger partial charge in [0.05, 0.1) is 0 Å². The molecular formula is C24H27N5O2. The van der Waals surface area contributed by atoms with Gasteiger partial charge in [0, 0.05) is 62.4 Å². The summed E-state index contributed by atoms with van der Waals surface area (Å²) in [5, 5.41) is 2.97. The fourth-order valence-electron chi connectivity index (χ4n) is 3.50. The summed E-state index contributed by atoms with van der Waals surface area (Å²) >= 11 is 0. The minimum Gasteiger partial charge on any atom is -0.424 e. The highest BCUT2D eigenvalue weighted by Crippen LogP contribution is 2.26. The van der Waals surface area contributed by atoms with Crippen molar-refractivity contribution in [3.63, 3.8) is 0 Å². The lowest BCUT2D eigenvalue weighted by molar-refractivity contribution is 0.102. The zero-order valence-electron chi connectivity index (χ0n) is 17.9. The molecule has 1 amide bonds. The molecule has 1 fully saturated rings. The molecule has 160 valence electrons. The highest BCUT2D eigenvalue weighted by atomic mass is 16.5. The molecule has 2 heterocycles. The van der Waals surface area contributed by atoms with E-state index in [9.17, 15) is 4.79 Å². The predicted molar refractivity (Wildman–Crippen MR) is 120 cm³/mol. The van der Waals surface area contributed by atoms with Crippen LogP contribution in [0.15, 0.2) is 60.9 Å². The Labute approximate surface area is 182 Å². The van der Waals surface area contributed by atoms with Crippen LogP contribution in [0.1, 0.15) is 21.5 Å². The zero-order valence-corrected chi connectivity index (χ0v) is 17.9. The third-order valence-electron chi connectivity index (χ3n) is 5.38. The molecule has 4 rings (SSSR count). The van der Waals surface area contributed by atoms with Crippen molar-refractivity contribution >= 4 is 11.6 Å². The molecule has 2 aromatic carbocycles. The molecule has 1 aliphatic rings. The number of aromatic nitrogens is 2. The Morgan fingerprint density at radius 1 is 1.03 bits per heavy atom. The summed E-state index contributed by atoms with van der Waals surface area (Å²) in [6, 6.07) is 15.4. The van der Waals surface area contributed by atoms with Crippen LogP contribution in [0.25, 0.3) is 0 Å². The molecular weight excluding hydrogens is 390 g/mol. The van der Waals surface area contributed by atoms with E-state index in [1.165, 1.54) is 0 Å². The van der Waals surface area contributed by atoms with Crippen LogP contribution in [-0.2, 0) is 6.54 Å². The second-order valence-electron chi connectivity index (χ2n) is 7.85. The Balaban J connectivity index is 1.43.